The molecule has 1 atom stereocenters. The summed E-state index contributed by atoms with van der Waals surface area (Å²) < 4.78 is 0. The van der Waals surface area contributed by atoms with Gasteiger partial charge >= 0.3 is 5.97 Å². The van der Waals surface area contributed by atoms with Crippen LogP contribution in [-0.4, -0.2) is 22.9 Å². The quantitative estimate of drug-likeness (QED) is 0.867. The van der Waals surface area contributed by atoms with Crippen molar-refractivity contribution in [2.75, 3.05) is 11.1 Å². The molecule has 1 aromatic carbocycles. The molecule has 1 heterocycles. The molecule has 1 aliphatic heterocycles. The Hall–Kier alpha value is -1.16. The molecular weight excluding hydrogens is 234 g/mol. The molecule has 0 aromatic heterocycles. The van der Waals surface area contributed by atoms with Crippen LogP contribution in [0.4, 0.5) is 5.69 Å². The zero-order valence-corrected chi connectivity index (χ0v) is 10.9. The third-order valence-electron chi connectivity index (χ3n) is 2.94. The molecule has 0 saturated heterocycles. The van der Waals surface area contributed by atoms with Crippen molar-refractivity contribution in [3.63, 3.8) is 0 Å². The van der Waals surface area contributed by atoms with Gasteiger partial charge in [0.25, 0.3) is 0 Å². The van der Waals surface area contributed by atoms with Gasteiger partial charge in [-0.1, -0.05) is 6.07 Å². The molecule has 3 nitrogen and oxygen atoms in total. The molecule has 1 aliphatic rings. The van der Waals surface area contributed by atoms with Gasteiger partial charge in [-0.15, -0.1) is 11.8 Å². The fourth-order valence-electron chi connectivity index (χ4n) is 2.12. The summed E-state index contributed by atoms with van der Waals surface area (Å²) in [5.74, 6) is 0.228. The van der Waals surface area contributed by atoms with E-state index >= 15 is 0 Å². The largest absolute Gasteiger partial charge is 0.481 e. The van der Waals surface area contributed by atoms with Crippen LogP contribution in [0.2, 0.25) is 0 Å². The molecule has 0 fully saturated rings. The van der Waals surface area contributed by atoms with Gasteiger partial charge in [0.15, 0.2) is 0 Å². The minimum atomic E-state index is -0.719. The first-order valence-corrected chi connectivity index (χ1v) is 6.77. The van der Waals surface area contributed by atoms with Gasteiger partial charge < -0.3 is 10.4 Å². The number of aliphatic carboxylic acids is 1. The molecule has 2 rings (SSSR count). The molecule has 0 aliphatic carbocycles. The monoisotopic (exact) mass is 251 g/mol. The van der Waals surface area contributed by atoms with E-state index in [0.29, 0.717) is 6.42 Å². The third-order valence-corrected chi connectivity index (χ3v) is 4.14. The second-order valence-corrected chi connectivity index (χ2v) is 5.60. The average molecular weight is 251 g/mol. The van der Waals surface area contributed by atoms with Gasteiger partial charge in [0.05, 0.1) is 5.69 Å². The minimum absolute atomic E-state index is 0.235. The molecule has 0 amide bonds. The molecule has 2 N–H and O–H groups in total. The summed E-state index contributed by atoms with van der Waals surface area (Å²) in [6, 6.07) is 4.62. The number of hydrogen-bond donors (Lipinski definition) is 2. The van der Waals surface area contributed by atoms with Crippen molar-refractivity contribution < 1.29 is 9.90 Å². The Morgan fingerprint density at radius 2 is 2.29 bits per heavy atom. The standard InChI is InChI=1S/C13H17NO2S/c1-8-5-9(2)13-11(6-8)17-7-10(14-13)3-4-12(15)16/h5-6,10,14H,3-4,7H2,1-2H3,(H,15,16). The summed E-state index contributed by atoms with van der Waals surface area (Å²) in [4.78, 5) is 11.9. The summed E-state index contributed by atoms with van der Waals surface area (Å²) in [5, 5.41) is 12.2. The van der Waals surface area contributed by atoms with Gasteiger partial charge in [-0.3, -0.25) is 4.79 Å². The molecule has 92 valence electrons. The summed E-state index contributed by atoms with van der Waals surface area (Å²) in [6.45, 7) is 4.20. The topological polar surface area (TPSA) is 49.3 Å². The lowest BCUT2D eigenvalue weighted by molar-refractivity contribution is -0.137. The molecule has 0 radical (unpaired) electrons. The van der Waals surface area contributed by atoms with Gasteiger partial charge in [0.1, 0.15) is 0 Å². The van der Waals surface area contributed by atoms with Crippen molar-refractivity contribution >= 4 is 23.4 Å². The van der Waals surface area contributed by atoms with Crippen LogP contribution in [0.25, 0.3) is 0 Å². The smallest absolute Gasteiger partial charge is 0.303 e. The molecule has 1 aromatic rings. The second kappa shape index (κ2) is 5.00. The fourth-order valence-corrected chi connectivity index (χ4v) is 3.38. The maximum Gasteiger partial charge on any atom is 0.303 e. The molecule has 0 spiro atoms. The Morgan fingerprint density at radius 3 is 3.00 bits per heavy atom. The van der Waals surface area contributed by atoms with E-state index in [2.05, 4.69) is 31.3 Å². The number of carbonyl (C=O) groups is 1. The van der Waals surface area contributed by atoms with Gasteiger partial charge in [-0.05, 0) is 37.5 Å². The van der Waals surface area contributed by atoms with Crippen LogP contribution >= 0.6 is 11.8 Å². The number of fused-ring (bicyclic) bond motifs is 1. The van der Waals surface area contributed by atoms with E-state index in [4.69, 9.17) is 5.11 Å². The van der Waals surface area contributed by atoms with Gasteiger partial charge in [-0.2, -0.15) is 0 Å². The lowest BCUT2D eigenvalue weighted by atomic mass is 10.1. The number of hydrogen-bond acceptors (Lipinski definition) is 3. The summed E-state index contributed by atoms with van der Waals surface area (Å²) >= 11 is 1.82. The van der Waals surface area contributed by atoms with Crippen molar-refractivity contribution in [3.05, 3.63) is 23.3 Å². The number of anilines is 1. The zero-order valence-electron chi connectivity index (χ0n) is 10.1. The summed E-state index contributed by atoms with van der Waals surface area (Å²) in [7, 11) is 0. The van der Waals surface area contributed by atoms with Crippen LogP contribution in [0.3, 0.4) is 0 Å². The lowest BCUT2D eigenvalue weighted by Gasteiger charge is -2.28. The number of carboxylic acids is 1. The average Bonchev–Trinajstić information content (AvgIpc) is 2.26. The Bertz CT molecular complexity index is 445. The fraction of sp³-hybridized carbons (Fsp3) is 0.462. The molecule has 1 unspecified atom stereocenters. The highest BCUT2D eigenvalue weighted by molar-refractivity contribution is 7.99. The third kappa shape index (κ3) is 2.94. The Kier molecular flexibility index (Phi) is 3.62. The van der Waals surface area contributed by atoms with Crippen molar-refractivity contribution in [1.29, 1.82) is 0 Å². The minimum Gasteiger partial charge on any atom is -0.481 e. The molecule has 0 saturated carbocycles. The van der Waals surface area contributed by atoms with E-state index in [1.54, 1.807) is 0 Å². The van der Waals surface area contributed by atoms with Gasteiger partial charge in [-0.25, -0.2) is 0 Å². The van der Waals surface area contributed by atoms with Crippen molar-refractivity contribution in [2.45, 2.75) is 37.6 Å². The van der Waals surface area contributed by atoms with Gasteiger partial charge in [0.2, 0.25) is 0 Å². The van der Waals surface area contributed by atoms with E-state index in [9.17, 15) is 4.79 Å². The predicted molar refractivity (Wildman–Crippen MR) is 70.9 cm³/mol. The van der Waals surface area contributed by atoms with Crippen molar-refractivity contribution in [2.24, 2.45) is 0 Å². The van der Waals surface area contributed by atoms with E-state index in [1.807, 2.05) is 11.8 Å². The maximum absolute atomic E-state index is 10.6. The molecule has 4 heteroatoms. The number of aryl methyl sites for hydroxylation is 2. The Morgan fingerprint density at radius 1 is 1.53 bits per heavy atom. The SMILES string of the molecule is Cc1cc(C)c2c(c1)SCC(CCC(=O)O)N2. The number of benzene rings is 1. The highest BCUT2D eigenvalue weighted by Crippen LogP contribution is 2.37. The van der Waals surface area contributed by atoms with Crippen LogP contribution in [0.1, 0.15) is 24.0 Å². The molecule has 0 bridgehead atoms. The summed E-state index contributed by atoms with van der Waals surface area (Å²) in [5.41, 5.74) is 3.70. The van der Waals surface area contributed by atoms with Crippen LogP contribution in [-0.2, 0) is 4.79 Å². The zero-order chi connectivity index (χ0) is 12.4. The number of rotatable bonds is 3. The second-order valence-electron chi connectivity index (χ2n) is 4.54. The number of carboxylic acid groups (broad SMARTS) is 1. The lowest BCUT2D eigenvalue weighted by Crippen LogP contribution is -2.27. The maximum atomic E-state index is 10.6. The predicted octanol–water partition coefficient (Wildman–Crippen LogP) is 3.05. The molecule has 17 heavy (non-hydrogen) atoms. The first kappa shape index (κ1) is 12.3. The first-order chi connectivity index (χ1) is 8.06. The van der Waals surface area contributed by atoms with E-state index in [1.165, 1.54) is 21.7 Å². The normalized spacial score (nSPS) is 18.4. The van der Waals surface area contributed by atoms with Crippen molar-refractivity contribution in [3.8, 4) is 0 Å². The van der Waals surface area contributed by atoms with Crippen LogP contribution in [0.15, 0.2) is 17.0 Å². The van der Waals surface area contributed by atoms with Crippen LogP contribution < -0.4 is 5.32 Å². The number of thioether (sulfide) groups is 1. The highest BCUT2D eigenvalue weighted by atomic mass is 32.2. The van der Waals surface area contributed by atoms with Crippen LogP contribution in [0, 0.1) is 13.8 Å². The summed E-state index contributed by atoms with van der Waals surface area (Å²) in [6.07, 6.45) is 0.924. The van der Waals surface area contributed by atoms with E-state index in [-0.39, 0.29) is 12.5 Å². The van der Waals surface area contributed by atoms with Crippen molar-refractivity contribution in [1.82, 2.24) is 0 Å². The van der Waals surface area contributed by atoms with Crippen LogP contribution in [0.5, 0.6) is 0 Å². The number of nitrogens with one attached hydrogen (secondary N) is 1. The van der Waals surface area contributed by atoms with E-state index < -0.39 is 5.97 Å². The first-order valence-electron chi connectivity index (χ1n) is 5.78. The Labute approximate surface area is 106 Å². The molecular formula is C13H17NO2S. The van der Waals surface area contributed by atoms with Gasteiger partial charge in [0, 0.05) is 23.1 Å². The van der Waals surface area contributed by atoms with E-state index in [0.717, 1.165) is 5.75 Å². The Balaban J connectivity index is 2.10. The highest BCUT2D eigenvalue weighted by Gasteiger charge is 2.20.